The van der Waals surface area contributed by atoms with Crippen molar-refractivity contribution in [2.24, 2.45) is 9.98 Å². The van der Waals surface area contributed by atoms with Crippen molar-refractivity contribution in [2.75, 3.05) is 4.90 Å². The molecule has 0 radical (unpaired) electrons. The molecule has 0 fully saturated rings. The summed E-state index contributed by atoms with van der Waals surface area (Å²) in [5.41, 5.74) is 7.80. The minimum atomic E-state index is -0.333. The van der Waals surface area contributed by atoms with Crippen molar-refractivity contribution >= 4 is 93.0 Å². The molecule has 0 spiro atoms. The highest BCUT2D eigenvalue weighted by atomic mass is 32.1. The Labute approximate surface area is 321 Å². The smallest absolute Gasteiger partial charge is 0.160 e. The molecule has 1 aliphatic heterocycles. The van der Waals surface area contributed by atoms with Gasteiger partial charge in [-0.15, -0.1) is 11.3 Å². The maximum atomic E-state index is 6.81. The van der Waals surface area contributed by atoms with Gasteiger partial charge >= 0.3 is 0 Å². The summed E-state index contributed by atoms with van der Waals surface area (Å²) >= 11 is 1.82. The average molecular weight is 725 g/mol. The third-order valence-corrected chi connectivity index (χ3v) is 11.7. The Hall–Kier alpha value is -7.02. The van der Waals surface area contributed by atoms with Crippen molar-refractivity contribution < 1.29 is 4.42 Å². The van der Waals surface area contributed by atoms with Crippen molar-refractivity contribution in [1.82, 2.24) is 5.32 Å². The van der Waals surface area contributed by atoms with Gasteiger partial charge in [0.15, 0.2) is 5.84 Å². The summed E-state index contributed by atoms with van der Waals surface area (Å²) in [5, 5.41) is 10.4. The third-order valence-electron chi connectivity index (χ3n) is 10.5. The molecule has 260 valence electrons. The molecule has 11 rings (SSSR count). The van der Waals surface area contributed by atoms with Gasteiger partial charge in [-0.2, -0.15) is 0 Å². The number of hydrogen-bond donors (Lipinski definition) is 1. The van der Waals surface area contributed by atoms with Gasteiger partial charge in [-0.1, -0.05) is 121 Å². The number of benzene rings is 8. The third kappa shape index (κ3) is 5.30. The van der Waals surface area contributed by atoms with Crippen LogP contribution in [0.4, 0.5) is 17.1 Å². The van der Waals surface area contributed by atoms with Gasteiger partial charge in [-0.3, -0.25) is 0 Å². The second-order valence-electron chi connectivity index (χ2n) is 13.8. The molecule has 1 N–H and O–H groups in total. The molecule has 1 atom stereocenters. The maximum Gasteiger partial charge on any atom is 0.160 e. The SMILES string of the molecule is c1ccc(C2N=C(c3cccc4oc5cc(N(c6ccccc6)c6ccccc6)c6ccccc6c5c34)N=C(c3ccc4sc5ccccc5c4c3)N2)cc1. The highest BCUT2D eigenvalue weighted by Gasteiger charge is 2.26. The van der Waals surface area contributed by atoms with E-state index in [4.69, 9.17) is 14.4 Å². The lowest BCUT2D eigenvalue weighted by Gasteiger charge is -2.27. The number of furan rings is 1. The zero-order valence-electron chi connectivity index (χ0n) is 29.6. The first-order valence-electron chi connectivity index (χ1n) is 18.4. The number of nitrogens with zero attached hydrogens (tertiary/aromatic N) is 3. The topological polar surface area (TPSA) is 53.1 Å². The first kappa shape index (κ1) is 31.5. The summed E-state index contributed by atoms with van der Waals surface area (Å²) in [6, 6.07) is 63.7. The van der Waals surface area contributed by atoms with E-state index in [1.54, 1.807) is 0 Å². The fraction of sp³-hybridized carbons (Fsp3) is 0.0204. The van der Waals surface area contributed by atoms with Crippen molar-refractivity contribution in [3.8, 4) is 0 Å². The van der Waals surface area contributed by atoms with Crippen LogP contribution in [0.15, 0.2) is 196 Å². The second kappa shape index (κ2) is 12.8. The van der Waals surface area contributed by atoms with Gasteiger partial charge in [0.25, 0.3) is 0 Å². The molecule has 1 unspecified atom stereocenters. The van der Waals surface area contributed by atoms with Crippen LogP contribution in [-0.2, 0) is 0 Å². The van der Waals surface area contributed by atoms with Crippen LogP contribution in [0.1, 0.15) is 22.9 Å². The minimum absolute atomic E-state index is 0.333. The van der Waals surface area contributed by atoms with E-state index in [-0.39, 0.29) is 6.17 Å². The molecule has 10 aromatic rings. The van der Waals surface area contributed by atoms with Crippen LogP contribution < -0.4 is 10.2 Å². The predicted molar refractivity (Wildman–Crippen MR) is 231 cm³/mol. The zero-order chi connectivity index (χ0) is 36.3. The highest BCUT2D eigenvalue weighted by molar-refractivity contribution is 7.25. The second-order valence-corrected chi connectivity index (χ2v) is 14.9. The van der Waals surface area contributed by atoms with Gasteiger partial charge < -0.3 is 14.6 Å². The van der Waals surface area contributed by atoms with Crippen LogP contribution in [-0.4, -0.2) is 11.7 Å². The van der Waals surface area contributed by atoms with Crippen LogP contribution in [0.25, 0.3) is 52.9 Å². The van der Waals surface area contributed by atoms with E-state index >= 15 is 0 Å². The average Bonchev–Trinajstić information content (AvgIpc) is 3.83. The summed E-state index contributed by atoms with van der Waals surface area (Å²) < 4.78 is 9.35. The van der Waals surface area contributed by atoms with Crippen LogP contribution in [0.2, 0.25) is 0 Å². The van der Waals surface area contributed by atoms with Gasteiger partial charge in [0, 0.05) is 64.9 Å². The molecule has 55 heavy (non-hydrogen) atoms. The largest absolute Gasteiger partial charge is 0.456 e. The monoisotopic (exact) mass is 724 g/mol. The predicted octanol–water partition coefficient (Wildman–Crippen LogP) is 13.1. The van der Waals surface area contributed by atoms with E-state index in [9.17, 15) is 0 Å². The summed E-state index contributed by atoms with van der Waals surface area (Å²) in [6.07, 6.45) is -0.333. The van der Waals surface area contributed by atoms with Crippen LogP contribution in [0.3, 0.4) is 0 Å². The maximum absolute atomic E-state index is 6.81. The van der Waals surface area contributed by atoms with Crippen LogP contribution in [0, 0.1) is 0 Å². The number of hydrogen-bond acceptors (Lipinski definition) is 6. The Morgan fingerprint density at radius 3 is 1.95 bits per heavy atom. The van der Waals surface area contributed by atoms with Crippen molar-refractivity contribution in [1.29, 1.82) is 0 Å². The van der Waals surface area contributed by atoms with E-state index < -0.39 is 0 Å². The lowest BCUT2D eigenvalue weighted by Crippen LogP contribution is -2.33. The molecule has 0 amide bonds. The fourth-order valence-electron chi connectivity index (χ4n) is 8.01. The van der Waals surface area contributed by atoms with E-state index in [0.29, 0.717) is 5.84 Å². The number of thiophene rings is 1. The number of rotatable bonds is 6. The Bertz CT molecular complexity index is 3090. The first-order valence-corrected chi connectivity index (χ1v) is 19.3. The Morgan fingerprint density at radius 2 is 1.18 bits per heavy atom. The van der Waals surface area contributed by atoms with Crippen molar-refractivity contribution in [3.05, 3.63) is 199 Å². The number of nitrogens with one attached hydrogen (secondary N) is 1. The summed E-state index contributed by atoms with van der Waals surface area (Å²) in [6.45, 7) is 0. The van der Waals surface area contributed by atoms with E-state index in [1.165, 1.54) is 20.2 Å². The van der Waals surface area contributed by atoms with E-state index in [0.717, 1.165) is 72.3 Å². The molecular weight excluding hydrogens is 693 g/mol. The fourth-order valence-corrected chi connectivity index (χ4v) is 9.10. The van der Waals surface area contributed by atoms with E-state index in [2.05, 4.69) is 180 Å². The molecule has 5 nitrogen and oxygen atoms in total. The Kier molecular flexibility index (Phi) is 7.35. The first-order chi connectivity index (χ1) is 27.3. The van der Waals surface area contributed by atoms with Crippen LogP contribution in [0.5, 0.6) is 0 Å². The quantitative estimate of drug-likeness (QED) is 0.186. The Morgan fingerprint density at radius 1 is 0.527 bits per heavy atom. The lowest BCUT2D eigenvalue weighted by atomic mass is 9.98. The molecule has 0 bridgehead atoms. The van der Waals surface area contributed by atoms with Gasteiger partial charge in [0.05, 0.1) is 5.69 Å². The van der Waals surface area contributed by atoms with Crippen LogP contribution >= 0.6 is 11.3 Å². The number of aliphatic imine (C=N–C) groups is 2. The molecule has 3 heterocycles. The van der Waals surface area contributed by atoms with E-state index in [1.807, 2.05) is 23.5 Å². The van der Waals surface area contributed by atoms with Gasteiger partial charge in [-0.05, 0) is 65.5 Å². The molecular formula is C49H32N4OS. The van der Waals surface area contributed by atoms with Gasteiger partial charge in [0.1, 0.15) is 23.2 Å². The minimum Gasteiger partial charge on any atom is -0.456 e. The molecule has 2 aromatic heterocycles. The summed E-state index contributed by atoms with van der Waals surface area (Å²) in [5.74, 6) is 1.45. The lowest BCUT2D eigenvalue weighted by molar-refractivity contribution is 0.668. The highest BCUT2D eigenvalue weighted by Crippen LogP contribution is 2.45. The molecule has 1 aliphatic rings. The normalized spacial score (nSPS) is 14.4. The molecule has 0 saturated heterocycles. The Balaban J connectivity index is 1.14. The molecule has 0 aliphatic carbocycles. The molecule has 8 aromatic carbocycles. The number of fused-ring (bicyclic) bond motifs is 8. The standard InChI is InChI=1S/C49H32N4OS/c1-4-15-31(16-5-1)47-50-48(32-27-28-44-39(29-32)36-22-12-13-26-43(36)55-44)52-49(51-47)38-24-14-25-41-46(38)45-37-23-11-10-21-35(37)40(30-42(45)54-41)53(33-17-6-2-7-18-33)34-19-8-3-9-20-34/h1-30,47H,(H,50,51,52). The number of amidine groups is 2. The van der Waals surface area contributed by atoms with Crippen molar-refractivity contribution in [3.63, 3.8) is 0 Å². The molecule has 0 saturated carbocycles. The zero-order valence-corrected chi connectivity index (χ0v) is 30.4. The van der Waals surface area contributed by atoms with Gasteiger partial charge in [-0.25, -0.2) is 9.98 Å². The number of anilines is 3. The summed E-state index contributed by atoms with van der Waals surface area (Å²) in [4.78, 5) is 12.9. The number of para-hydroxylation sites is 2. The summed E-state index contributed by atoms with van der Waals surface area (Å²) in [7, 11) is 0. The van der Waals surface area contributed by atoms with Crippen molar-refractivity contribution in [2.45, 2.75) is 6.17 Å². The van der Waals surface area contributed by atoms with Gasteiger partial charge in [0.2, 0.25) is 0 Å². The molecule has 6 heteroatoms.